The summed E-state index contributed by atoms with van der Waals surface area (Å²) >= 11 is 0. The van der Waals surface area contributed by atoms with E-state index in [0.717, 1.165) is 12.5 Å². The standard InChI is InChI=1S/C34H44O9/c1-15(2)13-43-22(36)11-19-10-20(16(3)4)21-12-32(8)14-33(9)25(17(5)6)28(38)23(18(7)35)30(40)34(33,42)31(41)26(32)29(39)24(21)27(19)37/h10,15-17,23,25-26,37,42H,11-14H2,1-9H3/t23?,25?,26?,32-,33-,34+/m1/s1. The molecule has 0 spiro atoms. The lowest BCUT2D eigenvalue weighted by atomic mass is 9.39. The molecule has 3 unspecified atom stereocenters. The summed E-state index contributed by atoms with van der Waals surface area (Å²) in [6.45, 7) is 15.7. The Hall–Kier alpha value is -3.20. The summed E-state index contributed by atoms with van der Waals surface area (Å²) in [5, 5.41) is 23.6. The first-order valence-corrected chi connectivity index (χ1v) is 15.2. The van der Waals surface area contributed by atoms with Crippen molar-refractivity contribution >= 4 is 34.9 Å². The highest BCUT2D eigenvalue weighted by atomic mass is 16.5. The van der Waals surface area contributed by atoms with E-state index in [4.69, 9.17) is 4.74 Å². The van der Waals surface area contributed by atoms with E-state index < -0.39 is 80.7 Å². The Kier molecular flexibility index (Phi) is 8.18. The summed E-state index contributed by atoms with van der Waals surface area (Å²) in [5.74, 6) is -10.0. The van der Waals surface area contributed by atoms with Crippen LogP contribution in [0.25, 0.3) is 0 Å². The van der Waals surface area contributed by atoms with Gasteiger partial charge in [-0.25, -0.2) is 0 Å². The molecule has 9 nitrogen and oxygen atoms in total. The van der Waals surface area contributed by atoms with E-state index in [1.807, 2.05) is 27.7 Å². The summed E-state index contributed by atoms with van der Waals surface area (Å²) in [7, 11) is 0. The van der Waals surface area contributed by atoms with Crippen molar-refractivity contribution in [2.75, 3.05) is 6.61 Å². The van der Waals surface area contributed by atoms with Crippen molar-refractivity contribution in [1.29, 1.82) is 0 Å². The van der Waals surface area contributed by atoms with E-state index in [-0.39, 0.29) is 48.8 Å². The number of Topliss-reactive ketones (excluding diaryl/α,β-unsaturated/α-hetero) is 5. The number of esters is 1. The van der Waals surface area contributed by atoms with E-state index in [1.54, 1.807) is 33.8 Å². The second kappa shape index (κ2) is 10.8. The first-order valence-electron chi connectivity index (χ1n) is 15.2. The molecule has 3 aliphatic carbocycles. The Morgan fingerprint density at radius 3 is 2.14 bits per heavy atom. The molecule has 2 fully saturated rings. The average molecular weight is 597 g/mol. The van der Waals surface area contributed by atoms with Gasteiger partial charge in [0.1, 0.15) is 17.5 Å². The highest BCUT2D eigenvalue weighted by Gasteiger charge is 2.76. The smallest absolute Gasteiger partial charge is 0.310 e. The van der Waals surface area contributed by atoms with Crippen LogP contribution in [0.2, 0.25) is 0 Å². The summed E-state index contributed by atoms with van der Waals surface area (Å²) in [6, 6.07) is 1.71. The van der Waals surface area contributed by atoms with Crippen LogP contribution in [-0.4, -0.2) is 57.3 Å². The Bertz CT molecular complexity index is 1440. The predicted octanol–water partition coefficient (Wildman–Crippen LogP) is 3.96. The van der Waals surface area contributed by atoms with Gasteiger partial charge in [0.15, 0.2) is 28.7 Å². The molecule has 0 heterocycles. The fraction of sp³-hybridized carbons (Fsp3) is 0.647. The van der Waals surface area contributed by atoms with Gasteiger partial charge in [0.2, 0.25) is 0 Å². The zero-order valence-electron chi connectivity index (χ0n) is 26.6. The van der Waals surface area contributed by atoms with Crippen molar-refractivity contribution in [3.8, 4) is 5.75 Å². The number of phenols is 1. The van der Waals surface area contributed by atoms with Crippen molar-refractivity contribution in [1.82, 2.24) is 0 Å². The molecule has 2 N–H and O–H groups in total. The first kappa shape index (κ1) is 32.7. The van der Waals surface area contributed by atoms with Crippen molar-refractivity contribution < 1.29 is 43.7 Å². The molecule has 0 aromatic heterocycles. The monoisotopic (exact) mass is 596 g/mol. The van der Waals surface area contributed by atoms with E-state index >= 15 is 0 Å². The molecular weight excluding hydrogens is 552 g/mol. The van der Waals surface area contributed by atoms with Crippen LogP contribution in [-0.2, 0) is 41.6 Å². The molecule has 2 saturated carbocycles. The number of hydrogen-bond donors (Lipinski definition) is 2. The van der Waals surface area contributed by atoms with Gasteiger partial charge in [-0.1, -0.05) is 61.5 Å². The van der Waals surface area contributed by atoms with Crippen molar-refractivity contribution in [3.05, 3.63) is 28.3 Å². The molecular formula is C34H44O9. The Labute approximate surface area is 252 Å². The van der Waals surface area contributed by atoms with Crippen LogP contribution >= 0.6 is 0 Å². The molecule has 6 atom stereocenters. The van der Waals surface area contributed by atoms with Gasteiger partial charge in [0.25, 0.3) is 0 Å². The summed E-state index contributed by atoms with van der Waals surface area (Å²) in [5.41, 5.74) is -4.04. The number of rotatable bonds is 7. The zero-order chi connectivity index (χ0) is 32.6. The number of ketones is 5. The second-order valence-corrected chi connectivity index (χ2v) is 14.6. The Morgan fingerprint density at radius 1 is 1.02 bits per heavy atom. The van der Waals surface area contributed by atoms with Gasteiger partial charge in [0, 0.05) is 16.9 Å². The molecule has 0 aliphatic heterocycles. The fourth-order valence-electron chi connectivity index (χ4n) is 8.41. The molecule has 234 valence electrons. The number of carbonyl (C=O) groups excluding carboxylic acids is 6. The lowest BCUT2D eigenvalue weighted by molar-refractivity contribution is -0.205. The Morgan fingerprint density at radius 2 is 1.63 bits per heavy atom. The minimum absolute atomic E-state index is 0.00931. The van der Waals surface area contributed by atoms with Crippen molar-refractivity contribution in [2.45, 2.75) is 93.1 Å². The molecule has 0 amide bonds. The van der Waals surface area contributed by atoms with Gasteiger partial charge < -0.3 is 14.9 Å². The molecule has 0 saturated heterocycles. The number of carbonyl (C=O) groups is 6. The van der Waals surface area contributed by atoms with Gasteiger partial charge in [0.05, 0.1) is 24.5 Å². The number of ether oxygens (including phenoxy) is 1. The van der Waals surface area contributed by atoms with E-state index in [2.05, 4.69) is 0 Å². The average Bonchev–Trinajstić information content (AvgIpc) is 2.85. The number of hydrogen-bond acceptors (Lipinski definition) is 9. The maximum absolute atomic E-state index is 14.5. The largest absolute Gasteiger partial charge is 0.507 e. The maximum atomic E-state index is 14.5. The van der Waals surface area contributed by atoms with Crippen LogP contribution in [0.3, 0.4) is 0 Å². The van der Waals surface area contributed by atoms with Crippen LogP contribution in [0.5, 0.6) is 5.75 Å². The molecule has 1 aromatic carbocycles. The van der Waals surface area contributed by atoms with Crippen LogP contribution in [0.4, 0.5) is 0 Å². The lowest BCUT2D eigenvalue weighted by Crippen LogP contribution is -2.76. The quantitative estimate of drug-likeness (QED) is 0.352. The van der Waals surface area contributed by atoms with Gasteiger partial charge in [-0.3, -0.25) is 28.8 Å². The molecule has 43 heavy (non-hydrogen) atoms. The summed E-state index contributed by atoms with van der Waals surface area (Å²) < 4.78 is 5.30. The van der Waals surface area contributed by atoms with Crippen LogP contribution < -0.4 is 0 Å². The maximum Gasteiger partial charge on any atom is 0.310 e. The van der Waals surface area contributed by atoms with Crippen LogP contribution in [0.15, 0.2) is 6.07 Å². The molecule has 9 heteroatoms. The third-order valence-electron chi connectivity index (χ3n) is 10.0. The topological polar surface area (TPSA) is 152 Å². The van der Waals surface area contributed by atoms with E-state index in [0.29, 0.717) is 5.56 Å². The van der Waals surface area contributed by atoms with E-state index in [1.165, 1.54) is 0 Å². The van der Waals surface area contributed by atoms with Gasteiger partial charge >= 0.3 is 5.97 Å². The normalized spacial score (nSPS) is 32.2. The van der Waals surface area contributed by atoms with Crippen LogP contribution in [0, 0.1) is 40.4 Å². The predicted molar refractivity (Wildman–Crippen MR) is 157 cm³/mol. The zero-order valence-corrected chi connectivity index (χ0v) is 26.6. The minimum Gasteiger partial charge on any atom is -0.507 e. The lowest BCUT2D eigenvalue weighted by Gasteiger charge is -2.62. The third kappa shape index (κ3) is 4.69. The number of phenolic OH excluding ortho intramolecular Hbond substituents is 1. The number of fused-ring (bicyclic) bond motifs is 3. The number of benzene rings is 1. The van der Waals surface area contributed by atoms with E-state index in [9.17, 15) is 39.0 Å². The molecule has 1 aromatic rings. The third-order valence-corrected chi connectivity index (χ3v) is 10.0. The molecule has 3 aliphatic rings. The molecule has 0 radical (unpaired) electrons. The van der Waals surface area contributed by atoms with Crippen molar-refractivity contribution in [2.24, 2.45) is 40.4 Å². The number of aromatic hydroxyl groups is 1. The van der Waals surface area contributed by atoms with Gasteiger partial charge in [-0.05, 0) is 54.1 Å². The first-order chi connectivity index (χ1) is 19.7. The number of aliphatic hydroxyl groups is 1. The highest BCUT2D eigenvalue weighted by Crippen LogP contribution is 2.64. The minimum atomic E-state index is -2.75. The fourth-order valence-corrected chi connectivity index (χ4v) is 8.41. The van der Waals surface area contributed by atoms with Crippen LogP contribution in [0.1, 0.15) is 102 Å². The summed E-state index contributed by atoms with van der Waals surface area (Å²) in [6.07, 6.45) is -0.128. The molecule has 0 bridgehead atoms. The van der Waals surface area contributed by atoms with Crippen molar-refractivity contribution in [3.63, 3.8) is 0 Å². The van der Waals surface area contributed by atoms with Gasteiger partial charge in [-0.2, -0.15) is 0 Å². The highest BCUT2D eigenvalue weighted by molar-refractivity contribution is 6.32. The Balaban J connectivity index is 1.92. The summed E-state index contributed by atoms with van der Waals surface area (Å²) in [4.78, 5) is 81.5. The molecule has 4 rings (SSSR count). The SMILES string of the molecule is CC(=O)C1C(=O)C(C(C)C)[C@@]2(C)C[C@@]3(C)Cc4c(C(C)C)cc(CC(=O)OCC(C)C)c(O)c4C(=O)C3C(=O)[C@@]2(O)C1=O. The second-order valence-electron chi connectivity index (χ2n) is 14.6. The van der Waals surface area contributed by atoms with Gasteiger partial charge in [-0.15, -0.1) is 0 Å².